The number of aromatic nitrogens is 2. The molecule has 1 saturated heterocycles. The molecule has 2 heterocycles. The lowest BCUT2D eigenvalue weighted by Crippen LogP contribution is -2.46. The molecule has 27 heavy (non-hydrogen) atoms. The number of Topliss-reactive ketones (excluding diaryl/α,β-unsaturated/α-hetero) is 1. The third-order valence-corrected chi connectivity index (χ3v) is 4.73. The first kappa shape index (κ1) is 19.1. The van der Waals surface area contributed by atoms with Crippen LogP contribution in [0.15, 0.2) is 30.3 Å². The first-order valence-corrected chi connectivity index (χ1v) is 9.16. The molecule has 0 bridgehead atoms. The Labute approximate surface area is 158 Å². The van der Waals surface area contributed by atoms with Crippen LogP contribution in [0.4, 0.5) is 0 Å². The maximum Gasteiger partial charge on any atom is 0.274 e. The predicted octanol–water partition coefficient (Wildman–Crippen LogP) is 2.83. The molecule has 1 N–H and O–H groups in total. The van der Waals surface area contributed by atoms with Crippen molar-refractivity contribution < 1.29 is 19.1 Å². The van der Waals surface area contributed by atoms with E-state index in [0.717, 1.165) is 25.8 Å². The second kappa shape index (κ2) is 8.81. The normalized spacial score (nSPS) is 17.0. The Bertz CT molecular complexity index is 800. The van der Waals surface area contributed by atoms with E-state index in [1.165, 1.54) is 6.92 Å². The SMILES string of the molecule is COC[C@H]1CCCCN1C(=O)c1cc(COc2cccc(C(C)=O)c2)[nH]n1. The molecule has 2 aromatic rings. The van der Waals surface area contributed by atoms with Crippen molar-refractivity contribution in [2.75, 3.05) is 20.3 Å². The van der Waals surface area contributed by atoms with Gasteiger partial charge in [0.2, 0.25) is 0 Å². The van der Waals surface area contributed by atoms with E-state index in [0.29, 0.717) is 29.3 Å². The number of nitrogens with zero attached hydrogens (tertiary/aromatic N) is 2. The van der Waals surface area contributed by atoms with Gasteiger partial charge in [0.15, 0.2) is 11.5 Å². The van der Waals surface area contributed by atoms with Crippen LogP contribution in [-0.4, -0.2) is 53.1 Å². The molecule has 1 aromatic heterocycles. The van der Waals surface area contributed by atoms with Gasteiger partial charge in [-0.1, -0.05) is 12.1 Å². The van der Waals surface area contributed by atoms with E-state index in [-0.39, 0.29) is 24.3 Å². The first-order chi connectivity index (χ1) is 13.1. The minimum absolute atomic E-state index is 0.0120. The van der Waals surface area contributed by atoms with Crippen molar-refractivity contribution >= 4 is 11.7 Å². The Morgan fingerprint density at radius 2 is 2.15 bits per heavy atom. The van der Waals surface area contributed by atoms with Gasteiger partial charge in [-0.25, -0.2) is 0 Å². The Balaban J connectivity index is 1.63. The maximum atomic E-state index is 12.8. The fourth-order valence-electron chi connectivity index (χ4n) is 3.29. The van der Waals surface area contributed by atoms with Crippen LogP contribution >= 0.6 is 0 Å². The van der Waals surface area contributed by atoms with Crippen LogP contribution in [-0.2, 0) is 11.3 Å². The molecular weight excluding hydrogens is 346 g/mol. The number of piperidine rings is 1. The third kappa shape index (κ3) is 4.74. The minimum Gasteiger partial charge on any atom is -0.487 e. The molecule has 0 unspecified atom stereocenters. The lowest BCUT2D eigenvalue weighted by Gasteiger charge is -2.34. The summed E-state index contributed by atoms with van der Waals surface area (Å²) in [7, 11) is 1.66. The summed E-state index contributed by atoms with van der Waals surface area (Å²) in [6, 6.07) is 8.83. The third-order valence-electron chi connectivity index (χ3n) is 4.73. The number of amides is 1. The van der Waals surface area contributed by atoms with E-state index in [1.54, 1.807) is 37.4 Å². The molecule has 1 aliphatic rings. The number of H-pyrrole nitrogens is 1. The zero-order valence-corrected chi connectivity index (χ0v) is 15.7. The summed E-state index contributed by atoms with van der Waals surface area (Å²) >= 11 is 0. The number of benzene rings is 1. The standard InChI is InChI=1S/C20H25N3O4/c1-14(24)15-6-5-8-18(10-15)27-12-16-11-19(22-21-16)20(25)23-9-4-3-7-17(23)13-26-2/h5-6,8,10-11,17H,3-4,7,9,12-13H2,1-2H3,(H,21,22)/t17-/m1/s1. The van der Waals surface area contributed by atoms with E-state index in [9.17, 15) is 9.59 Å². The maximum absolute atomic E-state index is 12.8. The van der Waals surface area contributed by atoms with Crippen molar-refractivity contribution in [3.05, 3.63) is 47.3 Å². The fraction of sp³-hybridized carbons (Fsp3) is 0.450. The number of nitrogens with one attached hydrogen (secondary N) is 1. The van der Waals surface area contributed by atoms with Crippen LogP contribution in [0.1, 0.15) is 52.7 Å². The van der Waals surface area contributed by atoms with Crippen LogP contribution in [0.3, 0.4) is 0 Å². The second-order valence-electron chi connectivity index (χ2n) is 6.75. The number of ether oxygens (including phenoxy) is 2. The first-order valence-electron chi connectivity index (χ1n) is 9.16. The van der Waals surface area contributed by atoms with E-state index in [4.69, 9.17) is 9.47 Å². The molecule has 7 nitrogen and oxygen atoms in total. The number of hydrogen-bond acceptors (Lipinski definition) is 5. The summed E-state index contributed by atoms with van der Waals surface area (Å²) in [4.78, 5) is 26.1. The predicted molar refractivity (Wildman–Crippen MR) is 99.9 cm³/mol. The van der Waals surface area contributed by atoms with Gasteiger partial charge in [-0.3, -0.25) is 14.7 Å². The van der Waals surface area contributed by atoms with Gasteiger partial charge in [0.05, 0.1) is 18.3 Å². The number of rotatable bonds is 7. The molecule has 3 rings (SSSR count). The molecule has 144 valence electrons. The number of carbonyl (C=O) groups is 2. The number of likely N-dealkylation sites (tertiary alicyclic amines) is 1. The van der Waals surface area contributed by atoms with Gasteiger partial charge >= 0.3 is 0 Å². The summed E-state index contributed by atoms with van der Waals surface area (Å²) in [5, 5.41) is 7.01. The average Bonchev–Trinajstić information content (AvgIpc) is 3.16. The monoisotopic (exact) mass is 371 g/mol. The Morgan fingerprint density at radius 3 is 2.93 bits per heavy atom. The number of aromatic amines is 1. The Kier molecular flexibility index (Phi) is 6.24. The van der Waals surface area contributed by atoms with Gasteiger partial charge < -0.3 is 14.4 Å². The molecule has 7 heteroatoms. The smallest absolute Gasteiger partial charge is 0.274 e. The van der Waals surface area contributed by atoms with Gasteiger partial charge in [0.25, 0.3) is 5.91 Å². The summed E-state index contributed by atoms with van der Waals surface area (Å²) < 4.78 is 11.0. The van der Waals surface area contributed by atoms with Crippen LogP contribution in [0.2, 0.25) is 0 Å². The van der Waals surface area contributed by atoms with Crippen LogP contribution in [0, 0.1) is 0 Å². The molecule has 0 radical (unpaired) electrons. The molecule has 1 aliphatic heterocycles. The highest BCUT2D eigenvalue weighted by atomic mass is 16.5. The molecule has 1 fully saturated rings. The quantitative estimate of drug-likeness (QED) is 0.757. The average molecular weight is 371 g/mol. The molecule has 0 aliphatic carbocycles. The van der Waals surface area contributed by atoms with Gasteiger partial charge in [-0.15, -0.1) is 0 Å². The zero-order valence-electron chi connectivity index (χ0n) is 15.7. The topological polar surface area (TPSA) is 84.5 Å². The van der Waals surface area contributed by atoms with Gasteiger partial charge in [0, 0.05) is 19.2 Å². The number of ketones is 1. The number of hydrogen-bond donors (Lipinski definition) is 1. The second-order valence-corrected chi connectivity index (χ2v) is 6.75. The highest BCUT2D eigenvalue weighted by Crippen LogP contribution is 2.20. The highest BCUT2D eigenvalue weighted by molar-refractivity contribution is 5.94. The summed E-state index contributed by atoms with van der Waals surface area (Å²) in [6.45, 7) is 3.02. The Morgan fingerprint density at radius 1 is 1.30 bits per heavy atom. The van der Waals surface area contributed by atoms with Crippen LogP contribution in [0.5, 0.6) is 5.75 Å². The molecule has 1 amide bonds. The summed E-state index contributed by atoms with van der Waals surface area (Å²) in [6.07, 6.45) is 3.06. The van der Waals surface area contributed by atoms with Gasteiger partial charge in [-0.2, -0.15) is 5.10 Å². The van der Waals surface area contributed by atoms with Crippen molar-refractivity contribution in [3.63, 3.8) is 0 Å². The number of carbonyl (C=O) groups excluding carboxylic acids is 2. The zero-order chi connectivity index (χ0) is 19.2. The van der Waals surface area contributed by atoms with E-state index in [1.807, 2.05) is 4.90 Å². The van der Waals surface area contributed by atoms with Crippen molar-refractivity contribution in [1.29, 1.82) is 0 Å². The van der Waals surface area contributed by atoms with E-state index in [2.05, 4.69) is 10.2 Å². The van der Waals surface area contributed by atoms with Crippen LogP contribution in [0.25, 0.3) is 0 Å². The highest BCUT2D eigenvalue weighted by Gasteiger charge is 2.28. The van der Waals surface area contributed by atoms with E-state index >= 15 is 0 Å². The van der Waals surface area contributed by atoms with Gasteiger partial charge in [0.1, 0.15) is 12.4 Å². The van der Waals surface area contributed by atoms with Crippen molar-refractivity contribution in [3.8, 4) is 5.75 Å². The number of methoxy groups -OCH3 is 1. The summed E-state index contributed by atoms with van der Waals surface area (Å²) in [5.41, 5.74) is 1.68. The largest absolute Gasteiger partial charge is 0.487 e. The lowest BCUT2D eigenvalue weighted by molar-refractivity contribution is 0.0423. The fourth-order valence-corrected chi connectivity index (χ4v) is 3.29. The van der Waals surface area contributed by atoms with Crippen LogP contribution < -0.4 is 4.74 Å². The van der Waals surface area contributed by atoms with Gasteiger partial charge in [-0.05, 0) is 44.4 Å². The molecule has 0 saturated carbocycles. The van der Waals surface area contributed by atoms with Crippen molar-refractivity contribution in [1.82, 2.24) is 15.1 Å². The van der Waals surface area contributed by atoms with Crippen molar-refractivity contribution in [2.45, 2.75) is 38.8 Å². The minimum atomic E-state index is -0.0853. The van der Waals surface area contributed by atoms with Crippen molar-refractivity contribution in [2.24, 2.45) is 0 Å². The summed E-state index contributed by atoms with van der Waals surface area (Å²) in [5.74, 6) is 0.501. The Hall–Kier alpha value is -2.67. The van der Waals surface area contributed by atoms with E-state index < -0.39 is 0 Å². The molecule has 1 atom stereocenters. The molecule has 1 aromatic carbocycles. The molecular formula is C20H25N3O4. The molecule has 0 spiro atoms. The lowest BCUT2D eigenvalue weighted by atomic mass is 10.0.